The van der Waals surface area contributed by atoms with E-state index in [1.165, 1.54) is 20.3 Å². The summed E-state index contributed by atoms with van der Waals surface area (Å²) in [4.78, 5) is 24.5. The van der Waals surface area contributed by atoms with Gasteiger partial charge in [0.1, 0.15) is 12.4 Å². The van der Waals surface area contributed by atoms with Crippen molar-refractivity contribution in [2.45, 2.75) is 13.5 Å². The molecule has 0 radical (unpaired) electrons. The first-order valence-corrected chi connectivity index (χ1v) is 11.1. The third-order valence-electron chi connectivity index (χ3n) is 4.83. The Bertz CT molecular complexity index is 1250. The van der Waals surface area contributed by atoms with Crippen LogP contribution in [-0.4, -0.2) is 31.7 Å². The lowest BCUT2D eigenvalue weighted by Crippen LogP contribution is -2.33. The van der Waals surface area contributed by atoms with Gasteiger partial charge in [0.2, 0.25) is 0 Å². The Morgan fingerprint density at radius 2 is 1.49 bits per heavy atom. The van der Waals surface area contributed by atoms with Gasteiger partial charge in [-0.2, -0.15) is 5.10 Å². The molecule has 0 bridgehead atoms. The Labute approximate surface area is 212 Å². The van der Waals surface area contributed by atoms with Crippen molar-refractivity contribution < 1.29 is 23.8 Å². The number of benzene rings is 3. The van der Waals surface area contributed by atoms with E-state index in [4.69, 9.17) is 37.4 Å². The van der Waals surface area contributed by atoms with E-state index in [9.17, 15) is 9.59 Å². The highest BCUT2D eigenvalue weighted by Gasteiger charge is 2.16. The number of anilines is 1. The molecule has 0 aromatic heterocycles. The maximum Gasteiger partial charge on any atom is 0.329 e. The van der Waals surface area contributed by atoms with Gasteiger partial charge in [-0.15, -0.1) is 0 Å². The Balaban J connectivity index is 1.64. The van der Waals surface area contributed by atoms with E-state index in [0.717, 1.165) is 5.56 Å². The number of halogens is 2. The number of nitrogens with zero attached hydrogens (tertiary/aromatic N) is 1. The molecule has 0 spiro atoms. The average molecular weight is 516 g/mol. The first-order chi connectivity index (χ1) is 16.8. The molecule has 0 aliphatic rings. The molecular formula is C25H23Cl2N3O5. The van der Waals surface area contributed by atoms with Crippen LogP contribution < -0.4 is 25.0 Å². The average Bonchev–Trinajstić information content (AvgIpc) is 2.86. The van der Waals surface area contributed by atoms with Crippen LogP contribution in [0.25, 0.3) is 0 Å². The van der Waals surface area contributed by atoms with Gasteiger partial charge in [0.25, 0.3) is 0 Å². The van der Waals surface area contributed by atoms with Crippen LogP contribution in [0.2, 0.25) is 10.0 Å². The molecule has 0 atom stereocenters. The molecule has 3 aromatic carbocycles. The van der Waals surface area contributed by atoms with Gasteiger partial charge in [0.05, 0.1) is 25.6 Å². The standard InChI is InChI=1S/C25H23Cl2N3O5/c1-15(29-30-25(32)24(31)28-20-13-19(27)9-11-21(20)33-2)17-6-10-22(23(12-17)34-3)35-14-16-4-7-18(26)8-5-16/h4-13H,14H2,1-3H3,(H,28,31)(H,30,32)/b29-15+. The van der Waals surface area contributed by atoms with Crippen LogP contribution in [0.1, 0.15) is 18.1 Å². The van der Waals surface area contributed by atoms with Crippen molar-refractivity contribution in [3.63, 3.8) is 0 Å². The summed E-state index contributed by atoms with van der Waals surface area (Å²) in [6, 6.07) is 17.2. The second-order valence-electron chi connectivity index (χ2n) is 7.22. The van der Waals surface area contributed by atoms with Crippen LogP contribution in [0.4, 0.5) is 5.69 Å². The number of nitrogens with one attached hydrogen (secondary N) is 2. The molecule has 0 aliphatic heterocycles. The summed E-state index contributed by atoms with van der Waals surface area (Å²) in [6.45, 7) is 2.02. The Morgan fingerprint density at radius 1 is 0.829 bits per heavy atom. The normalized spacial score (nSPS) is 10.9. The first-order valence-electron chi connectivity index (χ1n) is 10.4. The van der Waals surface area contributed by atoms with Gasteiger partial charge >= 0.3 is 11.8 Å². The highest BCUT2D eigenvalue weighted by atomic mass is 35.5. The molecule has 2 N–H and O–H groups in total. The zero-order valence-electron chi connectivity index (χ0n) is 19.2. The van der Waals surface area contributed by atoms with Crippen LogP contribution in [-0.2, 0) is 16.2 Å². The highest BCUT2D eigenvalue weighted by Crippen LogP contribution is 2.29. The predicted octanol–water partition coefficient (Wildman–Crippen LogP) is 5.07. The van der Waals surface area contributed by atoms with Crippen LogP contribution in [0, 0.1) is 0 Å². The fourth-order valence-corrected chi connectivity index (χ4v) is 3.26. The summed E-state index contributed by atoms with van der Waals surface area (Å²) in [7, 11) is 2.96. The molecule has 0 unspecified atom stereocenters. The van der Waals surface area contributed by atoms with Crippen LogP contribution in [0.3, 0.4) is 0 Å². The number of carbonyl (C=O) groups is 2. The minimum absolute atomic E-state index is 0.264. The van der Waals surface area contributed by atoms with Gasteiger partial charge in [0.15, 0.2) is 11.5 Å². The number of carbonyl (C=O) groups excluding carboxylic acids is 2. The van der Waals surface area contributed by atoms with Gasteiger partial charge < -0.3 is 19.5 Å². The maximum atomic E-state index is 12.3. The number of rotatable bonds is 8. The number of amides is 2. The molecule has 8 nitrogen and oxygen atoms in total. The van der Waals surface area contributed by atoms with Crippen molar-refractivity contribution in [1.29, 1.82) is 0 Å². The molecule has 182 valence electrons. The Kier molecular flexibility index (Phi) is 8.94. The van der Waals surface area contributed by atoms with E-state index in [1.807, 2.05) is 12.1 Å². The molecule has 2 amide bonds. The van der Waals surface area contributed by atoms with Crippen molar-refractivity contribution in [3.8, 4) is 17.2 Å². The molecule has 0 heterocycles. The Hall–Kier alpha value is -3.75. The van der Waals surface area contributed by atoms with Crippen LogP contribution >= 0.6 is 23.2 Å². The molecule has 0 fully saturated rings. The van der Waals surface area contributed by atoms with Crippen molar-refractivity contribution >= 4 is 46.4 Å². The highest BCUT2D eigenvalue weighted by molar-refractivity contribution is 6.40. The number of hydrogen-bond donors (Lipinski definition) is 2. The number of hydrazone groups is 1. The molecule has 0 saturated heterocycles. The summed E-state index contributed by atoms with van der Waals surface area (Å²) < 4.78 is 16.4. The largest absolute Gasteiger partial charge is 0.495 e. The van der Waals surface area contributed by atoms with E-state index < -0.39 is 11.8 Å². The van der Waals surface area contributed by atoms with Gasteiger partial charge in [-0.1, -0.05) is 35.3 Å². The van der Waals surface area contributed by atoms with E-state index in [2.05, 4.69) is 15.8 Å². The maximum absolute atomic E-state index is 12.3. The van der Waals surface area contributed by atoms with Crippen LogP contribution in [0.15, 0.2) is 65.8 Å². The SMILES string of the molecule is COc1ccc(Cl)cc1NC(=O)C(=O)N/N=C(\C)c1ccc(OCc2ccc(Cl)cc2)c(OC)c1. The predicted molar refractivity (Wildman–Crippen MR) is 136 cm³/mol. The quantitative estimate of drug-likeness (QED) is 0.248. The topological polar surface area (TPSA) is 98.2 Å². The second-order valence-corrected chi connectivity index (χ2v) is 8.09. The molecule has 35 heavy (non-hydrogen) atoms. The van der Waals surface area contributed by atoms with Crippen molar-refractivity contribution in [2.24, 2.45) is 5.10 Å². The molecule has 0 aliphatic carbocycles. The fraction of sp³-hybridized carbons (Fsp3) is 0.160. The molecule has 3 rings (SSSR count). The molecule has 0 saturated carbocycles. The third kappa shape index (κ3) is 7.11. The lowest BCUT2D eigenvalue weighted by Gasteiger charge is -2.12. The minimum Gasteiger partial charge on any atom is -0.495 e. The van der Waals surface area contributed by atoms with Gasteiger partial charge in [-0.3, -0.25) is 9.59 Å². The van der Waals surface area contributed by atoms with E-state index in [-0.39, 0.29) is 5.69 Å². The third-order valence-corrected chi connectivity index (χ3v) is 5.32. The summed E-state index contributed by atoms with van der Waals surface area (Å²) in [6.07, 6.45) is 0. The molecule has 3 aromatic rings. The van der Waals surface area contributed by atoms with Gasteiger partial charge in [-0.05, 0) is 61.0 Å². The minimum atomic E-state index is -0.957. The lowest BCUT2D eigenvalue weighted by atomic mass is 10.1. The van der Waals surface area contributed by atoms with Crippen LogP contribution in [0.5, 0.6) is 17.2 Å². The van der Waals surface area contributed by atoms with E-state index >= 15 is 0 Å². The number of ether oxygens (including phenoxy) is 3. The monoisotopic (exact) mass is 515 g/mol. The van der Waals surface area contributed by atoms with Gasteiger partial charge in [-0.25, -0.2) is 5.43 Å². The van der Waals surface area contributed by atoms with Crippen molar-refractivity contribution in [3.05, 3.63) is 81.8 Å². The smallest absolute Gasteiger partial charge is 0.329 e. The number of methoxy groups -OCH3 is 2. The summed E-state index contributed by atoms with van der Waals surface area (Å²) in [5.41, 5.74) is 4.57. The lowest BCUT2D eigenvalue weighted by molar-refractivity contribution is -0.136. The van der Waals surface area contributed by atoms with Crippen molar-refractivity contribution in [2.75, 3.05) is 19.5 Å². The molecular weight excluding hydrogens is 493 g/mol. The first kappa shape index (κ1) is 25.9. The number of hydrogen-bond acceptors (Lipinski definition) is 6. The zero-order chi connectivity index (χ0) is 25.4. The van der Waals surface area contributed by atoms with Gasteiger partial charge in [0, 0.05) is 15.6 Å². The van der Waals surface area contributed by atoms with E-state index in [0.29, 0.717) is 45.2 Å². The Morgan fingerprint density at radius 3 is 2.17 bits per heavy atom. The zero-order valence-corrected chi connectivity index (χ0v) is 20.7. The molecule has 10 heteroatoms. The summed E-state index contributed by atoms with van der Waals surface area (Å²) in [5, 5.41) is 7.49. The van der Waals surface area contributed by atoms with Crippen molar-refractivity contribution in [1.82, 2.24) is 5.43 Å². The summed E-state index contributed by atoms with van der Waals surface area (Å²) in [5.74, 6) is -0.492. The fourth-order valence-electron chi connectivity index (χ4n) is 2.96. The second kappa shape index (κ2) is 12.1. The summed E-state index contributed by atoms with van der Waals surface area (Å²) >= 11 is 11.9. The van der Waals surface area contributed by atoms with E-state index in [1.54, 1.807) is 49.4 Å².